The van der Waals surface area contributed by atoms with Crippen LogP contribution in [0.3, 0.4) is 0 Å². The molecule has 0 fully saturated rings. The lowest BCUT2D eigenvalue weighted by Gasteiger charge is -2.32. The zero-order valence-corrected chi connectivity index (χ0v) is 23.1. The maximum Gasteiger partial charge on any atom is 0.261 e. The van der Waals surface area contributed by atoms with E-state index in [-0.39, 0.29) is 31.0 Å². The van der Waals surface area contributed by atoms with Gasteiger partial charge in [0.15, 0.2) is 6.61 Å². The molecule has 0 aromatic heterocycles. The highest BCUT2D eigenvalue weighted by molar-refractivity contribution is 6.30. The lowest BCUT2D eigenvalue weighted by atomic mass is 10.0. The van der Waals surface area contributed by atoms with E-state index in [1.165, 1.54) is 0 Å². The number of rotatable bonds is 11. The van der Waals surface area contributed by atoms with E-state index in [1.807, 2.05) is 89.2 Å². The van der Waals surface area contributed by atoms with Crippen LogP contribution < -0.4 is 10.1 Å². The summed E-state index contributed by atoms with van der Waals surface area (Å²) in [4.78, 5) is 29.0. The summed E-state index contributed by atoms with van der Waals surface area (Å²) >= 11 is 6.25. The van der Waals surface area contributed by atoms with Gasteiger partial charge in [-0.1, -0.05) is 67.1 Å². The molecular weight excluding hydrogens is 484 g/mol. The molecule has 0 radical (unpaired) electrons. The zero-order chi connectivity index (χ0) is 26.9. The fourth-order valence-electron chi connectivity index (χ4n) is 4.20. The highest BCUT2D eigenvalue weighted by Crippen LogP contribution is 2.24. The lowest BCUT2D eigenvalue weighted by Crippen LogP contribution is -2.53. The summed E-state index contributed by atoms with van der Waals surface area (Å²) in [5, 5.41) is 3.66. The predicted molar refractivity (Wildman–Crippen MR) is 150 cm³/mol. The molecule has 196 valence electrons. The van der Waals surface area contributed by atoms with Crippen molar-refractivity contribution in [1.82, 2.24) is 10.2 Å². The fourth-order valence-corrected chi connectivity index (χ4v) is 4.41. The van der Waals surface area contributed by atoms with Crippen molar-refractivity contribution in [2.75, 3.05) is 6.61 Å². The molecule has 0 heterocycles. The van der Waals surface area contributed by atoms with Gasteiger partial charge in [0, 0.05) is 24.0 Å². The molecule has 1 N–H and O–H groups in total. The third-order valence-electron chi connectivity index (χ3n) is 6.63. The van der Waals surface area contributed by atoms with Gasteiger partial charge in [-0.15, -0.1) is 0 Å². The minimum Gasteiger partial charge on any atom is -0.483 e. The molecule has 0 saturated carbocycles. The Bertz CT molecular complexity index is 1210. The van der Waals surface area contributed by atoms with E-state index in [0.29, 0.717) is 17.2 Å². The molecular formula is C31H37ClN2O3. The van der Waals surface area contributed by atoms with Crippen LogP contribution in [-0.2, 0) is 22.6 Å². The normalized spacial score (nSPS) is 12.5. The van der Waals surface area contributed by atoms with E-state index < -0.39 is 6.04 Å². The number of amides is 2. The first kappa shape index (κ1) is 28.3. The maximum absolute atomic E-state index is 13.8. The molecule has 3 aromatic rings. The Morgan fingerprint density at radius 1 is 0.973 bits per heavy atom. The highest BCUT2D eigenvalue weighted by atomic mass is 35.5. The summed E-state index contributed by atoms with van der Waals surface area (Å²) in [6.07, 6.45) is 1.18. The number of aryl methyl sites for hydroxylation is 2. The minimum atomic E-state index is -0.716. The zero-order valence-electron chi connectivity index (χ0n) is 22.4. The quantitative estimate of drug-likeness (QED) is 0.327. The first-order valence-electron chi connectivity index (χ1n) is 12.8. The largest absolute Gasteiger partial charge is 0.483 e. The Balaban J connectivity index is 1.95. The monoisotopic (exact) mass is 520 g/mol. The number of halogens is 1. The van der Waals surface area contributed by atoms with E-state index in [2.05, 4.69) is 11.4 Å². The van der Waals surface area contributed by atoms with Crippen LogP contribution in [0.25, 0.3) is 0 Å². The number of nitrogens with one attached hydrogen (secondary N) is 1. The Labute approximate surface area is 225 Å². The molecule has 3 rings (SSSR count). The number of hydrogen-bond acceptors (Lipinski definition) is 3. The standard InChI is InChI=1S/C31H37ClN2O3/c1-6-23(4)33-31(36)28(18-25-11-8-7-9-12-25)34(19-26-13-10-14-27(32)17-26)30(35)20-37-29-16-21(2)15-22(3)24(29)5/h7-17,23,28H,6,18-20H2,1-5H3,(H,33,36)/t23-,28-/m1/s1. The van der Waals surface area contributed by atoms with E-state index in [0.717, 1.165) is 34.2 Å². The van der Waals surface area contributed by atoms with Gasteiger partial charge in [0.2, 0.25) is 5.91 Å². The van der Waals surface area contributed by atoms with Crippen molar-refractivity contribution in [2.45, 2.75) is 66.1 Å². The molecule has 0 aliphatic carbocycles. The van der Waals surface area contributed by atoms with Gasteiger partial charge in [-0.2, -0.15) is 0 Å². The van der Waals surface area contributed by atoms with E-state index in [4.69, 9.17) is 16.3 Å². The van der Waals surface area contributed by atoms with Gasteiger partial charge in [-0.05, 0) is 80.1 Å². The van der Waals surface area contributed by atoms with Crippen LogP contribution in [0.15, 0.2) is 66.7 Å². The molecule has 0 unspecified atom stereocenters. The average molecular weight is 521 g/mol. The van der Waals surface area contributed by atoms with Crippen molar-refractivity contribution in [3.05, 3.63) is 99.6 Å². The van der Waals surface area contributed by atoms with Gasteiger partial charge in [0.25, 0.3) is 5.91 Å². The number of ether oxygens (including phenoxy) is 1. The third kappa shape index (κ3) is 8.09. The first-order chi connectivity index (χ1) is 17.7. The Hall–Kier alpha value is -3.31. The van der Waals surface area contributed by atoms with Gasteiger partial charge in [0.1, 0.15) is 11.8 Å². The van der Waals surface area contributed by atoms with E-state index in [9.17, 15) is 9.59 Å². The molecule has 2 amide bonds. The molecule has 0 aliphatic heterocycles. The molecule has 37 heavy (non-hydrogen) atoms. The molecule has 5 nitrogen and oxygen atoms in total. The van der Waals surface area contributed by atoms with Crippen molar-refractivity contribution in [1.29, 1.82) is 0 Å². The number of nitrogens with zero attached hydrogens (tertiary/aromatic N) is 1. The van der Waals surface area contributed by atoms with Gasteiger partial charge in [-0.25, -0.2) is 0 Å². The topological polar surface area (TPSA) is 58.6 Å². The molecule has 0 saturated heterocycles. The number of hydrogen-bond donors (Lipinski definition) is 1. The van der Waals surface area contributed by atoms with Crippen molar-refractivity contribution in [3.63, 3.8) is 0 Å². The minimum absolute atomic E-state index is 0.0111. The number of benzene rings is 3. The maximum atomic E-state index is 13.8. The smallest absolute Gasteiger partial charge is 0.261 e. The SMILES string of the molecule is CC[C@@H](C)NC(=O)[C@@H](Cc1ccccc1)N(Cc1cccc(Cl)c1)C(=O)COc1cc(C)cc(C)c1C. The number of carbonyl (C=O) groups excluding carboxylic acids is 2. The molecule has 6 heteroatoms. The molecule has 0 bridgehead atoms. The summed E-state index contributed by atoms with van der Waals surface area (Å²) in [5.41, 5.74) is 4.99. The van der Waals surface area contributed by atoms with Crippen LogP contribution in [0, 0.1) is 20.8 Å². The van der Waals surface area contributed by atoms with Gasteiger partial charge in [-0.3, -0.25) is 9.59 Å². The fraction of sp³-hybridized carbons (Fsp3) is 0.355. The molecule has 0 spiro atoms. The van der Waals surface area contributed by atoms with E-state index >= 15 is 0 Å². The van der Waals surface area contributed by atoms with Crippen LogP contribution in [-0.4, -0.2) is 35.4 Å². The van der Waals surface area contributed by atoms with Crippen molar-refractivity contribution >= 4 is 23.4 Å². The number of carbonyl (C=O) groups is 2. The first-order valence-corrected chi connectivity index (χ1v) is 13.1. The summed E-state index contributed by atoms with van der Waals surface area (Å²) in [6.45, 7) is 10.1. The predicted octanol–water partition coefficient (Wildman–Crippen LogP) is 6.20. The summed E-state index contributed by atoms with van der Waals surface area (Å²) < 4.78 is 6.04. The van der Waals surface area contributed by atoms with Crippen LogP contribution in [0.5, 0.6) is 5.75 Å². The summed E-state index contributed by atoms with van der Waals surface area (Å²) in [6, 6.07) is 20.4. The second-order valence-corrected chi connectivity index (χ2v) is 10.1. The highest BCUT2D eigenvalue weighted by Gasteiger charge is 2.31. The van der Waals surface area contributed by atoms with Crippen LogP contribution in [0.2, 0.25) is 5.02 Å². The summed E-state index contributed by atoms with van der Waals surface area (Å²) in [5.74, 6) is 0.229. The molecule has 0 aliphatic rings. The third-order valence-corrected chi connectivity index (χ3v) is 6.86. The van der Waals surface area contributed by atoms with Crippen LogP contribution in [0.1, 0.15) is 48.1 Å². The average Bonchev–Trinajstić information content (AvgIpc) is 2.87. The van der Waals surface area contributed by atoms with Gasteiger partial charge in [0.05, 0.1) is 0 Å². The molecule has 3 aromatic carbocycles. The van der Waals surface area contributed by atoms with Gasteiger partial charge >= 0.3 is 0 Å². The van der Waals surface area contributed by atoms with Crippen molar-refractivity contribution < 1.29 is 14.3 Å². The Morgan fingerprint density at radius 3 is 2.35 bits per heavy atom. The van der Waals surface area contributed by atoms with Crippen LogP contribution in [0.4, 0.5) is 0 Å². The van der Waals surface area contributed by atoms with E-state index in [1.54, 1.807) is 11.0 Å². The van der Waals surface area contributed by atoms with Crippen molar-refractivity contribution in [3.8, 4) is 5.75 Å². The molecule has 2 atom stereocenters. The van der Waals surface area contributed by atoms with Gasteiger partial charge < -0.3 is 15.0 Å². The van der Waals surface area contributed by atoms with Crippen LogP contribution >= 0.6 is 11.6 Å². The Kier molecular flexibility index (Phi) is 10.2. The van der Waals surface area contributed by atoms with Crippen molar-refractivity contribution in [2.24, 2.45) is 0 Å². The summed E-state index contributed by atoms with van der Waals surface area (Å²) in [7, 11) is 0. The Morgan fingerprint density at radius 2 is 1.68 bits per heavy atom. The lowest BCUT2D eigenvalue weighted by molar-refractivity contribution is -0.143. The second-order valence-electron chi connectivity index (χ2n) is 9.67. The second kappa shape index (κ2) is 13.3.